The van der Waals surface area contributed by atoms with Crippen LogP contribution >= 0.6 is 0 Å². The summed E-state index contributed by atoms with van der Waals surface area (Å²) < 4.78 is 52.3. The second-order valence-corrected chi connectivity index (χ2v) is 6.94. The summed E-state index contributed by atoms with van der Waals surface area (Å²) in [5, 5.41) is 0. The van der Waals surface area contributed by atoms with Crippen molar-refractivity contribution in [2.45, 2.75) is 4.90 Å². The molecule has 2 rings (SSSR count). The van der Waals surface area contributed by atoms with E-state index in [1.807, 2.05) is 43.3 Å². The van der Waals surface area contributed by atoms with Crippen LogP contribution in [0.3, 0.4) is 0 Å². The van der Waals surface area contributed by atoms with E-state index >= 15 is 0 Å². The molecule has 0 spiro atoms. The van der Waals surface area contributed by atoms with Crippen molar-refractivity contribution in [3.05, 3.63) is 59.7 Å². The molecule has 0 fully saturated rings. The van der Waals surface area contributed by atoms with Crippen molar-refractivity contribution >= 4 is 15.7 Å². The second kappa shape index (κ2) is 7.43. The van der Waals surface area contributed by atoms with E-state index in [9.17, 15) is 17.2 Å². The summed E-state index contributed by atoms with van der Waals surface area (Å²) in [6, 6.07) is 9.53. The lowest BCUT2D eigenvalue weighted by atomic mass is 10.2. The zero-order chi connectivity index (χ0) is 17.7. The molecule has 0 saturated carbocycles. The van der Waals surface area contributed by atoms with Gasteiger partial charge < -0.3 is 4.90 Å². The van der Waals surface area contributed by atoms with Crippen molar-refractivity contribution in [3.8, 4) is 11.8 Å². The van der Waals surface area contributed by atoms with E-state index in [-0.39, 0.29) is 6.54 Å². The molecule has 0 amide bonds. The van der Waals surface area contributed by atoms with Crippen LogP contribution < -0.4 is 9.62 Å². The summed E-state index contributed by atoms with van der Waals surface area (Å²) in [6.07, 6.45) is 0. The molecule has 2 aromatic rings. The third-order valence-electron chi connectivity index (χ3n) is 3.11. The Balaban J connectivity index is 2.03. The van der Waals surface area contributed by atoms with E-state index in [4.69, 9.17) is 0 Å². The summed E-state index contributed by atoms with van der Waals surface area (Å²) in [5.41, 5.74) is 1.76. The third-order valence-corrected chi connectivity index (χ3v) is 4.49. The Morgan fingerprint density at radius 2 is 1.62 bits per heavy atom. The Kier molecular flexibility index (Phi) is 5.54. The Morgan fingerprint density at radius 1 is 1.04 bits per heavy atom. The molecule has 0 aliphatic heterocycles. The van der Waals surface area contributed by atoms with Crippen molar-refractivity contribution in [1.82, 2.24) is 4.72 Å². The van der Waals surface area contributed by atoms with Gasteiger partial charge in [-0.15, -0.1) is 0 Å². The van der Waals surface area contributed by atoms with Crippen LogP contribution in [0.2, 0.25) is 0 Å². The second-order valence-electron chi connectivity index (χ2n) is 5.17. The van der Waals surface area contributed by atoms with Crippen LogP contribution in [0.15, 0.2) is 47.4 Å². The summed E-state index contributed by atoms with van der Waals surface area (Å²) in [6.45, 7) is -0.171. The average molecular weight is 350 g/mol. The topological polar surface area (TPSA) is 49.4 Å². The van der Waals surface area contributed by atoms with Crippen LogP contribution in [0, 0.1) is 23.5 Å². The summed E-state index contributed by atoms with van der Waals surface area (Å²) in [4.78, 5) is 1.47. The van der Waals surface area contributed by atoms with Gasteiger partial charge in [0.05, 0.1) is 11.4 Å². The highest BCUT2D eigenvalue weighted by Crippen LogP contribution is 2.13. The molecule has 0 aliphatic rings. The molecule has 2 aromatic carbocycles. The summed E-state index contributed by atoms with van der Waals surface area (Å²) in [5.74, 6) is 3.57. The largest absolute Gasteiger partial charge is 0.378 e. The van der Waals surface area contributed by atoms with E-state index in [1.165, 1.54) is 0 Å². The van der Waals surface area contributed by atoms with Crippen molar-refractivity contribution in [2.75, 3.05) is 25.5 Å². The molecule has 24 heavy (non-hydrogen) atoms. The smallest absolute Gasteiger partial charge is 0.241 e. The maximum Gasteiger partial charge on any atom is 0.241 e. The van der Waals surface area contributed by atoms with E-state index in [0.717, 1.165) is 23.4 Å². The monoisotopic (exact) mass is 350 g/mol. The normalized spacial score (nSPS) is 10.8. The molecule has 4 nitrogen and oxygen atoms in total. The number of benzene rings is 2. The Labute approximate surface area is 140 Å². The number of anilines is 1. The minimum atomic E-state index is -4.02. The SMILES string of the molecule is CN(C)c1ccc(C#CCNS(=O)(=O)c2cc(F)cc(F)c2)cc1. The Bertz CT molecular complexity index is 863. The molecule has 126 valence electrons. The van der Waals surface area contributed by atoms with E-state index in [1.54, 1.807) is 0 Å². The number of sulfonamides is 1. The van der Waals surface area contributed by atoms with E-state index < -0.39 is 26.6 Å². The van der Waals surface area contributed by atoms with Crippen molar-refractivity contribution in [3.63, 3.8) is 0 Å². The van der Waals surface area contributed by atoms with Gasteiger partial charge in [-0.05, 0) is 36.4 Å². The van der Waals surface area contributed by atoms with Gasteiger partial charge >= 0.3 is 0 Å². The predicted octanol–water partition coefficient (Wildman–Crippen LogP) is 2.36. The average Bonchev–Trinajstić information content (AvgIpc) is 2.51. The molecule has 0 heterocycles. The highest BCUT2D eigenvalue weighted by molar-refractivity contribution is 7.89. The van der Waals surface area contributed by atoms with Gasteiger partial charge in [0.1, 0.15) is 11.6 Å². The fourth-order valence-corrected chi connectivity index (χ4v) is 2.85. The lowest BCUT2D eigenvalue weighted by Crippen LogP contribution is -2.24. The lowest BCUT2D eigenvalue weighted by Gasteiger charge is -2.11. The van der Waals surface area contributed by atoms with Crippen LogP contribution in [0.25, 0.3) is 0 Å². The highest BCUT2D eigenvalue weighted by Gasteiger charge is 2.15. The Hall–Kier alpha value is -2.43. The molecular weight excluding hydrogens is 334 g/mol. The maximum atomic E-state index is 13.1. The standard InChI is InChI=1S/C17H16F2N2O2S/c1-21(2)16-7-5-13(6-8-16)4-3-9-20-24(22,23)17-11-14(18)10-15(19)12-17/h5-8,10-12,20H,9H2,1-2H3. The predicted molar refractivity (Wildman–Crippen MR) is 89.2 cm³/mol. The number of hydrogen-bond donors (Lipinski definition) is 1. The third kappa shape index (κ3) is 4.78. The van der Waals surface area contributed by atoms with Crippen LogP contribution in [-0.2, 0) is 10.0 Å². The maximum absolute atomic E-state index is 13.1. The number of nitrogens with zero attached hydrogens (tertiary/aromatic N) is 1. The van der Waals surface area contributed by atoms with E-state index in [0.29, 0.717) is 6.07 Å². The highest BCUT2D eigenvalue weighted by atomic mass is 32.2. The molecule has 0 aromatic heterocycles. The minimum Gasteiger partial charge on any atom is -0.378 e. The number of nitrogens with one attached hydrogen (secondary N) is 1. The van der Waals surface area contributed by atoms with Gasteiger partial charge in [-0.1, -0.05) is 11.8 Å². The zero-order valence-electron chi connectivity index (χ0n) is 13.2. The molecule has 0 bridgehead atoms. The quantitative estimate of drug-likeness (QED) is 0.862. The van der Waals surface area contributed by atoms with Crippen LogP contribution in [0.5, 0.6) is 0 Å². The first-order chi connectivity index (χ1) is 11.3. The van der Waals surface area contributed by atoms with Gasteiger partial charge in [-0.25, -0.2) is 17.2 Å². The fraction of sp³-hybridized carbons (Fsp3) is 0.176. The van der Waals surface area contributed by atoms with Gasteiger partial charge in [-0.3, -0.25) is 0 Å². The van der Waals surface area contributed by atoms with Gasteiger partial charge in [0.25, 0.3) is 0 Å². The fourth-order valence-electron chi connectivity index (χ4n) is 1.89. The van der Waals surface area contributed by atoms with Crippen molar-refractivity contribution < 1.29 is 17.2 Å². The molecule has 1 N–H and O–H groups in total. The van der Waals surface area contributed by atoms with Crippen LogP contribution in [0.4, 0.5) is 14.5 Å². The lowest BCUT2D eigenvalue weighted by molar-refractivity contribution is 0.563. The minimum absolute atomic E-state index is 0.171. The molecule has 0 radical (unpaired) electrons. The first-order valence-corrected chi connectivity index (χ1v) is 8.48. The first-order valence-electron chi connectivity index (χ1n) is 7.00. The molecule has 0 aliphatic carbocycles. The zero-order valence-corrected chi connectivity index (χ0v) is 14.0. The first kappa shape index (κ1) is 17.9. The van der Waals surface area contributed by atoms with E-state index in [2.05, 4.69) is 16.6 Å². The van der Waals surface area contributed by atoms with Crippen LogP contribution in [0.1, 0.15) is 5.56 Å². The van der Waals surface area contributed by atoms with Gasteiger partial charge in [0, 0.05) is 31.4 Å². The number of rotatable bonds is 4. The van der Waals surface area contributed by atoms with Gasteiger partial charge in [-0.2, -0.15) is 4.72 Å². The molecule has 0 atom stereocenters. The van der Waals surface area contributed by atoms with Crippen molar-refractivity contribution in [2.24, 2.45) is 0 Å². The van der Waals surface area contributed by atoms with Gasteiger partial charge in [0.2, 0.25) is 10.0 Å². The van der Waals surface area contributed by atoms with Gasteiger partial charge in [0.15, 0.2) is 0 Å². The molecular formula is C17H16F2N2O2S. The molecule has 0 saturated heterocycles. The molecule has 7 heteroatoms. The summed E-state index contributed by atoms with van der Waals surface area (Å²) >= 11 is 0. The molecule has 0 unspecified atom stereocenters. The number of hydrogen-bond acceptors (Lipinski definition) is 3. The van der Waals surface area contributed by atoms with Crippen molar-refractivity contribution in [1.29, 1.82) is 0 Å². The number of halogens is 2. The summed E-state index contributed by atoms with van der Waals surface area (Å²) in [7, 11) is -0.174. The Morgan fingerprint density at radius 3 is 2.17 bits per heavy atom. The van der Waals surface area contributed by atoms with Crippen LogP contribution in [-0.4, -0.2) is 29.1 Å².